The Morgan fingerprint density at radius 3 is 3.00 bits per heavy atom. The zero-order valence-electron chi connectivity index (χ0n) is 9.90. The quantitative estimate of drug-likeness (QED) is 0.768. The Bertz CT molecular complexity index is 460. The van der Waals surface area contributed by atoms with Gasteiger partial charge in [0.15, 0.2) is 5.13 Å². The maximum absolute atomic E-state index is 4.27. The predicted molar refractivity (Wildman–Crippen MR) is 78.9 cm³/mol. The van der Waals surface area contributed by atoms with Gasteiger partial charge in [-0.3, -0.25) is 4.98 Å². The van der Waals surface area contributed by atoms with E-state index in [9.17, 15) is 0 Å². The molecule has 0 saturated heterocycles. The van der Waals surface area contributed by atoms with Crippen molar-refractivity contribution >= 4 is 32.4 Å². The van der Waals surface area contributed by atoms with Gasteiger partial charge in [0, 0.05) is 30.9 Å². The molecule has 0 aliphatic rings. The van der Waals surface area contributed by atoms with Crippen LogP contribution in [0.4, 0.5) is 5.13 Å². The largest absolute Gasteiger partial charge is 0.361 e. The van der Waals surface area contributed by atoms with Gasteiger partial charge in [-0.1, -0.05) is 6.07 Å². The minimum absolute atomic E-state index is 0.872. The molecule has 0 atom stereocenters. The molecule has 0 aromatic carbocycles. The number of halogens is 1. The number of nitrogens with zero attached hydrogens (tertiary/aromatic N) is 2. The van der Waals surface area contributed by atoms with Crippen LogP contribution < -0.4 is 10.6 Å². The average molecular weight is 327 g/mol. The summed E-state index contributed by atoms with van der Waals surface area (Å²) < 4.78 is 0.893. The molecule has 2 rings (SSSR count). The Morgan fingerprint density at radius 2 is 2.28 bits per heavy atom. The number of anilines is 1. The van der Waals surface area contributed by atoms with Crippen LogP contribution in [0.1, 0.15) is 12.0 Å². The minimum atomic E-state index is 0.872. The Morgan fingerprint density at radius 1 is 1.33 bits per heavy atom. The molecule has 0 radical (unpaired) electrons. The molecule has 2 heterocycles. The number of pyridine rings is 1. The third-order valence-corrected chi connectivity index (χ3v) is 3.84. The molecule has 6 heteroatoms. The number of nitrogens with one attached hydrogen (secondary N) is 2. The van der Waals surface area contributed by atoms with Crippen LogP contribution in [0.2, 0.25) is 0 Å². The first kappa shape index (κ1) is 13.5. The highest BCUT2D eigenvalue weighted by Crippen LogP contribution is 2.18. The summed E-state index contributed by atoms with van der Waals surface area (Å²) in [6.07, 6.45) is 4.75. The van der Waals surface area contributed by atoms with Crippen LogP contribution in [0.15, 0.2) is 34.5 Å². The Hall–Kier alpha value is -0.980. The van der Waals surface area contributed by atoms with Crippen LogP contribution in [-0.4, -0.2) is 23.1 Å². The first-order valence-corrected chi connectivity index (χ1v) is 7.46. The fourth-order valence-electron chi connectivity index (χ4n) is 1.48. The molecule has 2 aromatic heterocycles. The second kappa shape index (κ2) is 7.45. The summed E-state index contributed by atoms with van der Waals surface area (Å²) in [7, 11) is 0. The Kier molecular flexibility index (Phi) is 5.57. The summed E-state index contributed by atoms with van der Waals surface area (Å²) in [6, 6.07) is 4.03. The van der Waals surface area contributed by atoms with Gasteiger partial charge in [0.1, 0.15) is 4.60 Å². The van der Waals surface area contributed by atoms with Gasteiger partial charge in [-0.15, -0.1) is 11.3 Å². The Balaban J connectivity index is 1.54. The maximum Gasteiger partial charge on any atom is 0.183 e. The van der Waals surface area contributed by atoms with E-state index in [-0.39, 0.29) is 0 Å². The van der Waals surface area contributed by atoms with Crippen molar-refractivity contribution in [3.63, 3.8) is 0 Å². The van der Waals surface area contributed by atoms with E-state index in [1.165, 1.54) is 5.56 Å². The third kappa shape index (κ3) is 4.72. The molecule has 2 N–H and O–H groups in total. The van der Waals surface area contributed by atoms with Crippen LogP contribution in [0.5, 0.6) is 0 Å². The first-order valence-electron chi connectivity index (χ1n) is 5.79. The van der Waals surface area contributed by atoms with Gasteiger partial charge in [0.05, 0.1) is 0 Å². The van der Waals surface area contributed by atoms with Crippen LogP contribution in [-0.2, 0) is 6.54 Å². The summed E-state index contributed by atoms with van der Waals surface area (Å²) in [4.78, 5) is 8.35. The monoisotopic (exact) mass is 326 g/mol. The highest BCUT2D eigenvalue weighted by Gasteiger charge is 1.97. The zero-order chi connectivity index (χ0) is 12.6. The van der Waals surface area contributed by atoms with E-state index in [0.717, 1.165) is 35.8 Å². The normalized spacial score (nSPS) is 10.5. The minimum Gasteiger partial charge on any atom is -0.361 e. The molecule has 4 nitrogen and oxygen atoms in total. The average Bonchev–Trinajstić information content (AvgIpc) is 2.81. The number of aromatic nitrogens is 2. The van der Waals surface area contributed by atoms with Crippen molar-refractivity contribution in [1.29, 1.82) is 0 Å². The van der Waals surface area contributed by atoms with Gasteiger partial charge < -0.3 is 10.6 Å². The summed E-state index contributed by atoms with van der Waals surface area (Å²) >= 11 is 4.95. The fourth-order valence-corrected chi connectivity index (χ4v) is 2.65. The molecule has 96 valence electrons. The number of hydrogen-bond donors (Lipinski definition) is 2. The molecule has 0 aliphatic carbocycles. The Labute approximate surface area is 119 Å². The van der Waals surface area contributed by atoms with Crippen molar-refractivity contribution in [1.82, 2.24) is 15.3 Å². The van der Waals surface area contributed by atoms with Gasteiger partial charge in [-0.05, 0) is 40.5 Å². The lowest BCUT2D eigenvalue weighted by molar-refractivity contribution is 0.662. The van der Waals surface area contributed by atoms with Crippen LogP contribution in [0, 0.1) is 0 Å². The van der Waals surface area contributed by atoms with E-state index >= 15 is 0 Å². The van der Waals surface area contributed by atoms with Gasteiger partial charge >= 0.3 is 0 Å². The van der Waals surface area contributed by atoms with Gasteiger partial charge in [0.25, 0.3) is 0 Å². The molecule has 0 aliphatic heterocycles. The molecule has 0 fully saturated rings. The summed E-state index contributed by atoms with van der Waals surface area (Å²) in [5.74, 6) is 0. The van der Waals surface area contributed by atoms with Crippen molar-refractivity contribution < 1.29 is 0 Å². The standard InChI is InChI=1S/C12H15BrN4S/c13-11-9-18-12(17-11)16-6-2-5-15-8-10-3-1-4-14-7-10/h1,3-4,7,9,15H,2,5-6,8H2,(H,16,17). The lowest BCUT2D eigenvalue weighted by atomic mass is 10.3. The van der Waals surface area contributed by atoms with Gasteiger partial charge in [-0.25, -0.2) is 4.98 Å². The summed E-state index contributed by atoms with van der Waals surface area (Å²) in [5, 5.41) is 9.62. The van der Waals surface area contributed by atoms with Gasteiger partial charge in [-0.2, -0.15) is 0 Å². The SMILES string of the molecule is Brc1csc(NCCCNCc2cccnc2)n1. The maximum atomic E-state index is 4.27. The first-order chi connectivity index (χ1) is 8.84. The predicted octanol–water partition coefficient (Wildman–Crippen LogP) is 2.89. The molecular weight excluding hydrogens is 312 g/mol. The molecule has 0 amide bonds. The van der Waals surface area contributed by atoms with E-state index in [0.29, 0.717) is 0 Å². The second-order valence-corrected chi connectivity index (χ2v) is 5.46. The highest BCUT2D eigenvalue weighted by molar-refractivity contribution is 9.10. The molecular formula is C12H15BrN4S. The highest BCUT2D eigenvalue weighted by atomic mass is 79.9. The number of thiazole rings is 1. The van der Waals surface area contributed by atoms with Crippen molar-refractivity contribution in [2.24, 2.45) is 0 Å². The molecule has 0 bridgehead atoms. The number of rotatable bonds is 7. The van der Waals surface area contributed by atoms with Gasteiger partial charge in [0.2, 0.25) is 0 Å². The van der Waals surface area contributed by atoms with E-state index in [1.54, 1.807) is 17.5 Å². The topological polar surface area (TPSA) is 49.8 Å². The molecule has 2 aromatic rings. The van der Waals surface area contributed by atoms with E-state index in [2.05, 4.69) is 42.6 Å². The van der Waals surface area contributed by atoms with Crippen molar-refractivity contribution in [3.05, 3.63) is 40.1 Å². The van der Waals surface area contributed by atoms with E-state index < -0.39 is 0 Å². The molecule has 18 heavy (non-hydrogen) atoms. The fraction of sp³-hybridized carbons (Fsp3) is 0.333. The summed E-state index contributed by atoms with van der Waals surface area (Å²) in [6.45, 7) is 2.78. The van der Waals surface area contributed by atoms with Crippen LogP contribution in [0.3, 0.4) is 0 Å². The van der Waals surface area contributed by atoms with Crippen molar-refractivity contribution in [3.8, 4) is 0 Å². The van der Waals surface area contributed by atoms with Crippen molar-refractivity contribution in [2.45, 2.75) is 13.0 Å². The smallest absolute Gasteiger partial charge is 0.183 e. The zero-order valence-corrected chi connectivity index (χ0v) is 12.3. The third-order valence-electron chi connectivity index (χ3n) is 2.33. The van der Waals surface area contributed by atoms with E-state index in [4.69, 9.17) is 0 Å². The molecule has 0 spiro atoms. The lowest BCUT2D eigenvalue weighted by Gasteiger charge is -2.05. The lowest BCUT2D eigenvalue weighted by Crippen LogP contribution is -2.17. The van der Waals surface area contributed by atoms with Crippen molar-refractivity contribution in [2.75, 3.05) is 18.4 Å². The molecule has 0 unspecified atom stereocenters. The molecule has 0 saturated carbocycles. The van der Waals surface area contributed by atoms with Crippen LogP contribution in [0.25, 0.3) is 0 Å². The summed E-state index contributed by atoms with van der Waals surface area (Å²) in [5.41, 5.74) is 1.22. The second-order valence-electron chi connectivity index (χ2n) is 3.79. The number of hydrogen-bond acceptors (Lipinski definition) is 5. The van der Waals surface area contributed by atoms with Crippen LogP contribution >= 0.6 is 27.3 Å². The van der Waals surface area contributed by atoms with E-state index in [1.807, 2.05) is 17.6 Å².